The Balaban J connectivity index is 1.63. The van der Waals surface area contributed by atoms with Crippen LogP contribution in [-0.4, -0.2) is 41.8 Å². The molecule has 1 heterocycles. The third-order valence-corrected chi connectivity index (χ3v) is 4.20. The van der Waals surface area contributed by atoms with Crippen LogP contribution in [0.4, 0.5) is 5.69 Å². The van der Waals surface area contributed by atoms with Crippen molar-refractivity contribution in [2.45, 2.75) is 6.54 Å². The van der Waals surface area contributed by atoms with Crippen molar-refractivity contribution in [2.75, 3.05) is 20.2 Å². The fourth-order valence-electron chi connectivity index (χ4n) is 2.88. The van der Waals surface area contributed by atoms with E-state index in [4.69, 9.17) is 4.74 Å². The summed E-state index contributed by atoms with van der Waals surface area (Å²) in [5.74, 6) is -0.310. The van der Waals surface area contributed by atoms with Gasteiger partial charge in [0.25, 0.3) is 17.5 Å². The second-order valence-electron chi connectivity index (χ2n) is 5.78. The zero-order chi connectivity index (χ0) is 18.7. The molecule has 0 aliphatic carbocycles. The van der Waals surface area contributed by atoms with Gasteiger partial charge in [0, 0.05) is 37.3 Å². The normalized spacial score (nSPS) is 12.7. The van der Waals surface area contributed by atoms with Crippen LogP contribution in [0.1, 0.15) is 26.3 Å². The van der Waals surface area contributed by atoms with E-state index < -0.39 is 10.8 Å². The van der Waals surface area contributed by atoms with Crippen molar-refractivity contribution in [1.82, 2.24) is 10.2 Å². The minimum absolute atomic E-state index is 0.0669. The summed E-state index contributed by atoms with van der Waals surface area (Å²) >= 11 is 0. The number of non-ortho nitro benzene ring substituents is 1. The molecule has 8 nitrogen and oxygen atoms in total. The van der Waals surface area contributed by atoms with Crippen LogP contribution >= 0.6 is 0 Å². The lowest BCUT2D eigenvalue weighted by Crippen LogP contribution is -2.35. The van der Waals surface area contributed by atoms with Crippen molar-refractivity contribution < 1.29 is 19.2 Å². The van der Waals surface area contributed by atoms with Gasteiger partial charge in [0.2, 0.25) is 0 Å². The number of nitro benzene ring substituents is 1. The van der Waals surface area contributed by atoms with Gasteiger partial charge in [-0.25, -0.2) is 0 Å². The summed E-state index contributed by atoms with van der Waals surface area (Å²) in [7, 11) is 1.39. The molecule has 1 aliphatic heterocycles. The van der Waals surface area contributed by atoms with Crippen LogP contribution < -0.4 is 10.1 Å². The van der Waals surface area contributed by atoms with Crippen LogP contribution in [0.3, 0.4) is 0 Å². The second-order valence-corrected chi connectivity index (χ2v) is 5.78. The Bertz CT molecular complexity index is 881. The number of nitrogens with one attached hydrogen (secondary N) is 1. The Morgan fingerprint density at radius 2 is 2.08 bits per heavy atom. The van der Waals surface area contributed by atoms with Gasteiger partial charge < -0.3 is 15.0 Å². The Kier molecular flexibility index (Phi) is 4.83. The van der Waals surface area contributed by atoms with Crippen LogP contribution in [-0.2, 0) is 6.54 Å². The number of ether oxygens (including phenoxy) is 1. The highest BCUT2D eigenvalue weighted by atomic mass is 16.6. The van der Waals surface area contributed by atoms with E-state index in [0.717, 1.165) is 5.56 Å². The molecule has 134 valence electrons. The van der Waals surface area contributed by atoms with Crippen molar-refractivity contribution in [3.63, 3.8) is 0 Å². The lowest BCUT2D eigenvalue weighted by atomic mass is 10.1. The van der Waals surface area contributed by atoms with Gasteiger partial charge in [0.05, 0.1) is 17.6 Å². The van der Waals surface area contributed by atoms with Crippen molar-refractivity contribution in [2.24, 2.45) is 0 Å². The maximum atomic E-state index is 12.4. The van der Waals surface area contributed by atoms with Crippen LogP contribution in [0.25, 0.3) is 0 Å². The molecule has 2 amide bonds. The Morgan fingerprint density at radius 1 is 1.31 bits per heavy atom. The largest absolute Gasteiger partial charge is 0.496 e. The lowest BCUT2D eigenvalue weighted by molar-refractivity contribution is -0.384. The van der Waals surface area contributed by atoms with Crippen molar-refractivity contribution in [3.05, 3.63) is 69.3 Å². The third kappa shape index (κ3) is 3.34. The molecular formula is C18H17N3O5. The fourth-order valence-corrected chi connectivity index (χ4v) is 2.88. The van der Waals surface area contributed by atoms with Crippen molar-refractivity contribution >= 4 is 17.5 Å². The predicted molar refractivity (Wildman–Crippen MR) is 93.2 cm³/mol. The van der Waals surface area contributed by atoms with Gasteiger partial charge >= 0.3 is 0 Å². The molecule has 0 bridgehead atoms. The minimum Gasteiger partial charge on any atom is -0.496 e. The first kappa shape index (κ1) is 17.4. The highest BCUT2D eigenvalue weighted by molar-refractivity contribution is 5.99. The van der Waals surface area contributed by atoms with Gasteiger partial charge in [-0.05, 0) is 17.7 Å². The molecule has 0 aromatic heterocycles. The Morgan fingerprint density at radius 3 is 2.77 bits per heavy atom. The average molecular weight is 355 g/mol. The zero-order valence-electron chi connectivity index (χ0n) is 14.1. The molecule has 0 atom stereocenters. The maximum Gasteiger partial charge on any atom is 0.270 e. The summed E-state index contributed by atoms with van der Waals surface area (Å²) in [6, 6.07) is 11.2. The molecule has 3 rings (SSSR count). The molecule has 2 aromatic rings. The molecule has 1 N–H and O–H groups in total. The quantitative estimate of drug-likeness (QED) is 0.631. The van der Waals surface area contributed by atoms with E-state index in [1.807, 2.05) is 18.2 Å². The summed E-state index contributed by atoms with van der Waals surface area (Å²) in [5.41, 5.74) is 1.53. The van der Waals surface area contributed by atoms with E-state index in [-0.39, 0.29) is 29.5 Å². The molecular weight excluding hydrogens is 338 g/mol. The fraction of sp³-hybridized carbons (Fsp3) is 0.222. The third-order valence-electron chi connectivity index (χ3n) is 4.20. The first-order valence-electron chi connectivity index (χ1n) is 7.99. The highest BCUT2D eigenvalue weighted by Crippen LogP contribution is 2.24. The number of nitro groups is 1. The molecule has 26 heavy (non-hydrogen) atoms. The summed E-state index contributed by atoms with van der Waals surface area (Å²) < 4.78 is 5.09. The SMILES string of the molecule is COc1ccc([N+](=O)[O-])cc1C(=O)NCCN1Cc2ccccc2C1=O. The highest BCUT2D eigenvalue weighted by Gasteiger charge is 2.26. The number of methoxy groups -OCH3 is 1. The molecule has 0 unspecified atom stereocenters. The summed E-state index contributed by atoms with van der Waals surface area (Å²) in [6.07, 6.45) is 0. The minimum atomic E-state index is -0.573. The second kappa shape index (κ2) is 7.22. The number of carbonyl (C=O) groups is 2. The van der Waals surface area contributed by atoms with Crippen LogP contribution in [0, 0.1) is 10.1 Å². The molecule has 0 radical (unpaired) electrons. The molecule has 8 heteroatoms. The van der Waals surface area contributed by atoms with E-state index in [0.29, 0.717) is 18.7 Å². The van der Waals surface area contributed by atoms with Gasteiger partial charge in [0.15, 0.2) is 0 Å². The van der Waals surface area contributed by atoms with Crippen molar-refractivity contribution in [1.29, 1.82) is 0 Å². The lowest BCUT2D eigenvalue weighted by Gasteiger charge is -2.16. The first-order valence-corrected chi connectivity index (χ1v) is 7.99. The first-order chi connectivity index (χ1) is 12.5. The summed E-state index contributed by atoms with van der Waals surface area (Å²) in [6.45, 7) is 1.08. The summed E-state index contributed by atoms with van der Waals surface area (Å²) in [5, 5.41) is 13.6. The van der Waals surface area contributed by atoms with E-state index in [2.05, 4.69) is 5.32 Å². The number of hydrogen-bond acceptors (Lipinski definition) is 5. The van der Waals surface area contributed by atoms with Gasteiger partial charge in [0.1, 0.15) is 5.75 Å². The maximum absolute atomic E-state index is 12.4. The number of carbonyl (C=O) groups excluding carboxylic acids is 2. The Labute approximate surface area is 149 Å². The van der Waals surface area contributed by atoms with Gasteiger partial charge in [-0.2, -0.15) is 0 Å². The van der Waals surface area contributed by atoms with Crippen LogP contribution in [0.5, 0.6) is 5.75 Å². The number of amides is 2. The van der Waals surface area contributed by atoms with E-state index in [1.54, 1.807) is 11.0 Å². The van der Waals surface area contributed by atoms with Crippen LogP contribution in [0.2, 0.25) is 0 Å². The summed E-state index contributed by atoms with van der Waals surface area (Å²) in [4.78, 5) is 36.6. The van der Waals surface area contributed by atoms with Gasteiger partial charge in [-0.1, -0.05) is 18.2 Å². The molecule has 1 aliphatic rings. The van der Waals surface area contributed by atoms with E-state index >= 15 is 0 Å². The van der Waals surface area contributed by atoms with Gasteiger partial charge in [-0.3, -0.25) is 19.7 Å². The zero-order valence-corrected chi connectivity index (χ0v) is 14.1. The van der Waals surface area contributed by atoms with Crippen molar-refractivity contribution in [3.8, 4) is 5.75 Å². The number of fused-ring (bicyclic) bond motifs is 1. The molecule has 2 aromatic carbocycles. The molecule has 0 saturated heterocycles. The Hall–Kier alpha value is -3.42. The van der Waals surface area contributed by atoms with Crippen LogP contribution in [0.15, 0.2) is 42.5 Å². The number of hydrogen-bond donors (Lipinski definition) is 1. The average Bonchev–Trinajstić information content (AvgIpc) is 2.97. The predicted octanol–water partition coefficient (Wildman–Crippen LogP) is 1.99. The monoisotopic (exact) mass is 355 g/mol. The van der Waals surface area contributed by atoms with E-state index in [9.17, 15) is 19.7 Å². The molecule has 0 saturated carbocycles. The molecule has 0 fully saturated rings. The number of nitrogens with zero attached hydrogens (tertiary/aromatic N) is 2. The smallest absolute Gasteiger partial charge is 0.270 e. The number of rotatable bonds is 6. The van der Waals surface area contributed by atoms with E-state index in [1.165, 1.54) is 25.3 Å². The standard InChI is InChI=1S/C18H17N3O5/c1-26-16-7-6-13(21(24)25)10-15(16)17(22)19-8-9-20-11-12-4-2-3-5-14(12)18(20)23/h2-7,10H,8-9,11H2,1H3,(H,19,22). The topological polar surface area (TPSA) is 102 Å². The van der Waals surface area contributed by atoms with Gasteiger partial charge in [-0.15, -0.1) is 0 Å². The molecule has 0 spiro atoms. The number of benzene rings is 2.